The van der Waals surface area contributed by atoms with Gasteiger partial charge in [-0.2, -0.15) is 0 Å². The number of rotatable bonds is 2. The molecule has 1 unspecified atom stereocenters. The van der Waals surface area contributed by atoms with Crippen LogP contribution in [0.5, 0.6) is 0 Å². The smallest absolute Gasteiger partial charge is 0.227 e. The third-order valence-electron chi connectivity index (χ3n) is 4.28. The van der Waals surface area contributed by atoms with E-state index < -0.39 is 0 Å². The number of likely N-dealkylation sites (tertiary alicyclic amines) is 1. The summed E-state index contributed by atoms with van der Waals surface area (Å²) in [5.74, 6) is 0.278. The Labute approximate surface area is 108 Å². The maximum atomic E-state index is 12.0. The van der Waals surface area contributed by atoms with Gasteiger partial charge in [0.15, 0.2) is 0 Å². The molecule has 2 aliphatic heterocycles. The summed E-state index contributed by atoms with van der Waals surface area (Å²) in [5, 5.41) is 3.00. The van der Waals surface area contributed by atoms with Crippen LogP contribution in [0.15, 0.2) is 30.3 Å². The first-order chi connectivity index (χ1) is 8.78. The second kappa shape index (κ2) is 4.73. The van der Waals surface area contributed by atoms with Crippen molar-refractivity contribution in [3.63, 3.8) is 0 Å². The SMILES string of the molecule is O=C1NCCC12CCCN(Cc1ccccc1)C2. The number of nitrogens with one attached hydrogen (secondary N) is 1. The summed E-state index contributed by atoms with van der Waals surface area (Å²) in [4.78, 5) is 14.4. The molecule has 3 nitrogen and oxygen atoms in total. The second-order valence-corrected chi connectivity index (χ2v) is 5.59. The van der Waals surface area contributed by atoms with Crippen molar-refractivity contribution in [3.8, 4) is 0 Å². The van der Waals surface area contributed by atoms with Crippen LogP contribution in [0.1, 0.15) is 24.8 Å². The Hall–Kier alpha value is -1.35. The number of hydrogen-bond donors (Lipinski definition) is 1. The van der Waals surface area contributed by atoms with Crippen molar-refractivity contribution < 1.29 is 4.79 Å². The highest BCUT2D eigenvalue weighted by Crippen LogP contribution is 2.36. The van der Waals surface area contributed by atoms with Gasteiger partial charge in [0.05, 0.1) is 5.41 Å². The van der Waals surface area contributed by atoms with Gasteiger partial charge in [0.2, 0.25) is 5.91 Å². The molecular formula is C15H20N2O. The van der Waals surface area contributed by atoms with Crippen molar-refractivity contribution in [1.29, 1.82) is 0 Å². The minimum Gasteiger partial charge on any atom is -0.356 e. The van der Waals surface area contributed by atoms with Crippen LogP contribution in [0, 0.1) is 5.41 Å². The van der Waals surface area contributed by atoms with Crippen molar-refractivity contribution >= 4 is 5.91 Å². The molecule has 96 valence electrons. The summed E-state index contributed by atoms with van der Waals surface area (Å²) < 4.78 is 0. The molecule has 0 bridgehead atoms. The topological polar surface area (TPSA) is 32.3 Å². The largest absolute Gasteiger partial charge is 0.356 e. The fourth-order valence-electron chi connectivity index (χ4n) is 3.31. The number of amides is 1. The molecule has 3 heteroatoms. The summed E-state index contributed by atoms with van der Waals surface area (Å²) in [5.41, 5.74) is 1.25. The number of piperidine rings is 1. The quantitative estimate of drug-likeness (QED) is 0.860. The van der Waals surface area contributed by atoms with Crippen molar-refractivity contribution in [1.82, 2.24) is 10.2 Å². The summed E-state index contributed by atoms with van der Waals surface area (Å²) in [6.45, 7) is 3.87. The Bertz CT molecular complexity index is 431. The minimum atomic E-state index is -0.0902. The molecule has 1 aromatic rings. The van der Waals surface area contributed by atoms with Crippen molar-refractivity contribution in [2.24, 2.45) is 5.41 Å². The normalized spacial score (nSPS) is 28.6. The van der Waals surface area contributed by atoms with E-state index in [2.05, 4.69) is 34.5 Å². The Morgan fingerprint density at radius 2 is 2.06 bits per heavy atom. The number of carbonyl (C=O) groups excluding carboxylic acids is 1. The summed E-state index contributed by atoms with van der Waals surface area (Å²) in [6, 6.07) is 10.5. The van der Waals surface area contributed by atoms with Crippen LogP contribution in [0.4, 0.5) is 0 Å². The third kappa shape index (κ3) is 2.15. The Balaban J connectivity index is 1.69. The maximum Gasteiger partial charge on any atom is 0.227 e. The zero-order valence-corrected chi connectivity index (χ0v) is 10.7. The van der Waals surface area contributed by atoms with Crippen LogP contribution in [-0.4, -0.2) is 30.4 Å². The predicted octanol–water partition coefficient (Wildman–Crippen LogP) is 1.79. The zero-order chi connectivity index (χ0) is 12.4. The fourth-order valence-corrected chi connectivity index (χ4v) is 3.31. The molecule has 2 heterocycles. The van der Waals surface area contributed by atoms with Gasteiger partial charge in [-0.1, -0.05) is 30.3 Å². The van der Waals surface area contributed by atoms with Gasteiger partial charge in [0.25, 0.3) is 0 Å². The lowest BCUT2D eigenvalue weighted by atomic mass is 9.78. The van der Waals surface area contributed by atoms with Gasteiger partial charge < -0.3 is 5.32 Å². The van der Waals surface area contributed by atoms with Crippen LogP contribution in [0.2, 0.25) is 0 Å². The Morgan fingerprint density at radius 1 is 1.22 bits per heavy atom. The Morgan fingerprint density at radius 3 is 2.78 bits per heavy atom. The van der Waals surface area contributed by atoms with Gasteiger partial charge in [0, 0.05) is 19.6 Å². The number of benzene rings is 1. The van der Waals surface area contributed by atoms with E-state index in [0.717, 1.165) is 45.4 Å². The Kier molecular flexibility index (Phi) is 3.08. The number of carbonyl (C=O) groups is 1. The van der Waals surface area contributed by atoms with Crippen molar-refractivity contribution in [2.45, 2.75) is 25.8 Å². The zero-order valence-electron chi connectivity index (χ0n) is 10.7. The first kappa shape index (κ1) is 11.7. The van der Waals surface area contributed by atoms with Gasteiger partial charge in [-0.3, -0.25) is 9.69 Å². The summed E-state index contributed by atoms with van der Waals surface area (Å²) >= 11 is 0. The minimum absolute atomic E-state index is 0.0902. The van der Waals surface area contributed by atoms with Gasteiger partial charge in [-0.15, -0.1) is 0 Å². The molecule has 0 aliphatic carbocycles. The fraction of sp³-hybridized carbons (Fsp3) is 0.533. The standard InChI is InChI=1S/C15H20N2O/c18-14-15(8-9-16-14)7-4-10-17(12-15)11-13-5-2-1-3-6-13/h1-3,5-6H,4,7-12H2,(H,16,18). The third-order valence-corrected chi connectivity index (χ3v) is 4.28. The van der Waals surface area contributed by atoms with Crippen LogP contribution >= 0.6 is 0 Å². The van der Waals surface area contributed by atoms with E-state index in [1.54, 1.807) is 0 Å². The summed E-state index contributed by atoms with van der Waals surface area (Å²) in [6.07, 6.45) is 3.21. The molecule has 2 fully saturated rings. The molecule has 0 aromatic heterocycles. The van der Waals surface area contributed by atoms with Gasteiger partial charge >= 0.3 is 0 Å². The van der Waals surface area contributed by atoms with Crippen molar-refractivity contribution in [2.75, 3.05) is 19.6 Å². The molecule has 1 N–H and O–H groups in total. The molecule has 2 saturated heterocycles. The monoisotopic (exact) mass is 244 g/mol. The average molecular weight is 244 g/mol. The molecule has 0 saturated carbocycles. The lowest BCUT2D eigenvalue weighted by molar-refractivity contribution is -0.130. The van der Waals surface area contributed by atoms with E-state index in [4.69, 9.17) is 0 Å². The molecule has 18 heavy (non-hydrogen) atoms. The first-order valence-electron chi connectivity index (χ1n) is 6.83. The van der Waals surface area contributed by atoms with Crippen molar-refractivity contribution in [3.05, 3.63) is 35.9 Å². The lowest BCUT2D eigenvalue weighted by Crippen LogP contribution is -2.46. The van der Waals surface area contributed by atoms with E-state index in [1.165, 1.54) is 5.56 Å². The van der Waals surface area contributed by atoms with E-state index in [0.29, 0.717) is 0 Å². The molecule has 1 spiro atoms. The number of nitrogens with zero attached hydrogens (tertiary/aromatic N) is 1. The van der Waals surface area contributed by atoms with Crippen LogP contribution in [0.25, 0.3) is 0 Å². The average Bonchev–Trinajstić information content (AvgIpc) is 2.72. The molecule has 0 radical (unpaired) electrons. The first-order valence-corrected chi connectivity index (χ1v) is 6.83. The highest BCUT2D eigenvalue weighted by Gasteiger charge is 2.44. The number of hydrogen-bond acceptors (Lipinski definition) is 2. The molecule has 3 rings (SSSR count). The second-order valence-electron chi connectivity index (χ2n) is 5.59. The molecule has 1 aromatic carbocycles. The highest BCUT2D eigenvalue weighted by atomic mass is 16.2. The van der Waals surface area contributed by atoms with Crippen LogP contribution in [0.3, 0.4) is 0 Å². The van der Waals surface area contributed by atoms with Crippen LogP contribution in [-0.2, 0) is 11.3 Å². The van der Waals surface area contributed by atoms with Gasteiger partial charge in [-0.05, 0) is 31.4 Å². The molecule has 1 amide bonds. The van der Waals surface area contributed by atoms with Crippen LogP contribution < -0.4 is 5.32 Å². The predicted molar refractivity (Wildman–Crippen MR) is 71.0 cm³/mol. The highest BCUT2D eigenvalue weighted by molar-refractivity contribution is 5.85. The molecule has 2 aliphatic rings. The van der Waals surface area contributed by atoms with E-state index in [1.807, 2.05) is 6.07 Å². The van der Waals surface area contributed by atoms with E-state index in [9.17, 15) is 4.79 Å². The summed E-state index contributed by atoms with van der Waals surface area (Å²) in [7, 11) is 0. The maximum absolute atomic E-state index is 12.0. The van der Waals surface area contributed by atoms with E-state index >= 15 is 0 Å². The van der Waals surface area contributed by atoms with E-state index in [-0.39, 0.29) is 11.3 Å². The van der Waals surface area contributed by atoms with Gasteiger partial charge in [0.1, 0.15) is 0 Å². The van der Waals surface area contributed by atoms with Gasteiger partial charge in [-0.25, -0.2) is 0 Å². The molecular weight excluding hydrogens is 224 g/mol. The lowest BCUT2D eigenvalue weighted by Gasteiger charge is -2.38. The molecule has 1 atom stereocenters.